The van der Waals surface area contributed by atoms with Crippen molar-refractivity contribution in [2.75, 3.05) is 33.3 Å². The van der Waals surface area contributed by atoms with Crippen molar-refractivity contribution in [2.45, 2.75) is 51.4 Å². The Labute approximate surface area is 122 Å². The largest absolute Gasteiger partial charge is 0.444 e. The second-order valence-electron chi connectivity index (χ2n) is 6.24. The minimum atomic E-state index is -0.473. The van der Waals surface area contributed by atoms with E-state index in [0.717, 1.165) is 25.9 Å². The summed E-state index contributed by atoms with van der Waals surface area (Å²) in [4.78, 5) is 14.0. The minimum Gasteiger partial charge on any atom is -0.444 e. The van der Waals surface area contributed by atoms with Crippen LogP contribution in [0.15, 0.2) is 0 Å². The van der Waals surface area contributed by atoms with E-state index in [1.165, 1.54) is 0 Å². The minimum absolute atomic E-state index is 0.153. The van der Waals surface area contributed by atoms with E-state index in [1.807, 2.05) is 20.8 Å². The van der Waals surface area contributed by atoms with Crippen molar-refractivity contribution < 1.29 is 14.3 Å². The number of carbonyl (C=O) groups excluding carboxylic acids is 1. The SMILES string of the molecule is COC1CCN(C(CN)CNC(=O)OC(C)(C)C)CC1. The van der Waals surface area contributed by atoms with Crippen LogP contribution in [-0.4, -0.2) is 62.0 Å². The van der Waals surface area contributed by atoms with Gasteiger partial charge in [-0.05, 0) is 33.6 Å². The molecule has 118 valence electrons. The molecule has 0 spiro atoms. The van der Waals surface area contributed by atoms with Gasteiger partial charge in [0.2, 0.25) is 0 Å². The Morgan fingerprint density at radius 3 is 2.45 bits per heavy atom. The van der Waals surface area contributed by atoms with Crippen molar-refractivity contribution in [3.05, 3.63) is 0 Å². The number of nitrogens with zero attached hydrogens (tertiary/aromatic N) is 1. The number of hydrogen-bond acceptors (Lipinski definition) is 5. The van der Waals surface area contributed by atoms with Crippen molar-refractivity contribution in [1.29, 1.82) is 0 Å². The first-order valence-electron chi connectivity index (χ1n) is 7.29. The van der Waals surface area contributed by atoms with Crippen LogP contribution in [0, 0.1) is 0 Å². The average Bonchev–Trinajstić information content (AvgIpc) is 2.38. The maximum Gasteiger partial charge on any atom is 0.407 e. The molecule has 0 bridgehead atoms. The molecule has 1 heterocycles. The molecule has 0 aromatic carbocycles. The predicted octanol–water partition coefficient (Wildman–Crippen LogP) is 0.949. The summed E-state index contributed by atoms with van der Waals surface area (Å²) in [6.07, 6.45) is 1.99. The van der Waals surface area contributed by atoms with Crippen molar-refractivity contribution in [3.63, 3.8) is 0 Å². The van der Waals surface area contributed by atoms with Gasteiger partial charge in [0.25, 0.3) is 0 Å². The summed E-state index contributed by atoms with van der Waals surface area (Å²) in [6, 6.07) is 0.153. The van der Waals surface area contributed by atoms with Crippen molar-refractivity contribution >= 4 is 6.09 Å². The molecule has 0 radical (unpaired) electrons. The molecule has 1 saturated heterocycles. The van der Waals surface area contributed by atoms with Gasteiger partial charge in [-0.1, -0.05) is 0 Å². The molecule has 0 saturated carbocycles. The Morgan fingerprint density at radius 2 is 2.00 bits per heavy atom. The summed E-state index contributed by atoms with van der Waals surface area (Å²) in [7, 11) is 1.75. The highest BCUT2D eigenvalue weighted by Gasteiger charge is 2.25. The highest BCUT2D eigenvalue weighted by atomic mass is 16.6. The molecule has 0 aliphatic carbocycles. The third-order valence-corrected chi connectivity index (χ3v) is 3.48. The number of ether oxygens (including phenoxy) is 2. The van der Waals surface area contributed by atoms with E-state index in [4.69, 9.17) is 15.2 Å². The molecule has 6 heteroatoms. The molecule has 1 rings (SSSR count). The van der Waals surface area contributed by atoms with Gasteiger partial charge >= 0.3 is 6.09 Å². The molecular weight excluding hydrogens is 258 g/mol. The van der Waals surface area contributed by atoms with E-state index in [9.17, 15) is 4.79 Å². The summed E-state index contributed by atoms with van der Waals surface area (Å²) in [5.74, 6) is 0. The number of carbonyl (C=O) groups is 1. The highest BCUT2D eigenvalue weighted by molar-refractivity contribution is 5.67. The number of nitrogens with two attached hydrogens (primary N) is 1. The van der Waals surface area contributed by atoms with Crippen LogP contribution in [-0.2, 0) is 9.47 Å². The Morgan fingerprint density at radius 1 is 1.40 bits per heavy atom. The molecule has 6 nitrogen and oxygen atoms in total. The lowest BCUT2D eigenvalue weighted by molar-refractivity contribution is 0.0257. The Bertz CT molecular complexity index is 297. The number of nitrogens with one attached hydrogen (secondary N) is 1. The van der Waals surface area contributed by atoms with Gasteiger partial charge < -0.3 is 20.5 Å². The van der Waals surface area contributed by atoms with Gasteiger partial charge in [-0.2, -0.15) is 0 Å². The summed E-state index contributed by atoms with van der Waals surface area (Å²) >= 11 is 0. The number of methoxy groups -OCH3 is 1. The fourth-order valence-electron chi connectivity index (χ4n) is 2.35. The van der Waals surface area contributed by atoms with Gasteiger partial charge in [0.05, 0.1) is 6.10 Å². The molecule has 1 aliphatic rings. The maximum atomic E-state index is 11.6. The molecule has 1 amide bonds. The monoisotopic (exact) mass is 287 g/mol. The van der Waals surface area contributed by atoms with Crippen LogP contribution >= 0.6 is 0 Å². The molecule has 0 aromatic rings. The molecular formula is C14H29N3O3. The summed E-state index contributed by atoms with van der Waals surface area (Å²) in [5.41, 5.74) is 5.35. The fourth-order valence-corrected chi connectivity index (χ4v) is 2.35. The van der Waals surface area contributed by atoms with Gasteiger partial charge in [-0.15, -0.1) is 0 Å². The average molecular weight is 287 g/mol. The van der Waals surface area contributed by atoms with Crippen LogP contribution in [0.2, 0.25) is 0 Å². The Balaban J connectivity index is 2.34. The van der Waals surface area contributed by atoms with Crippen LogP contribution < -0.4 is 11.1 Å². The first-order chi connectivity index (χ1) is 9.35. The zero-order valence-corrected chi connectivity index (χ0v) is 13.1. The van der Waals surface area contributed by atoms with Gasteiger partial charge in [-0.25, -0.2) is 4.79 Å². The lowest BCUT2D eigenvalue weighted by Crippen LogP contribution is -2.52. The number of hydrogen-bond donors (Lipinski definition) is 2. The zero-order valence-electron chi connectivity index (χ0n) is 13.1. The topological polar surface area (TPSA) is 76.8 Å². The van der Waals surface area contributed by atoms with Gasteiger partial charge in [0.1, 0.15) is 5.60 Å². The van der Waals surface area contributed by atoms with E-state index in [2.05, 4.69) is 10.2 Å². The molecule has 0 aromatic heterocycles. The molecule has 1 aliphatic heterocycles. The lowest BCUT2D eigenvalue weighted by atomic mass is 10.1. The summed E-state index contributed by atoms with van der Waals surface area (Å²) in [6.45, 7) is 8.50. The van der Waals surface area contributed by atoms with Crippen LogP contribution in [0.25, 0.3) is 0 Å². The summed E-state index contributed by atoms with van der Waals surface area (Å²) < 4.78 is 10.6. The first kappa shape index (κ1) is 17.2. The van der Waals surface area contributed by atoms with Crippen LogP contribution in [0.1, 0.15) is 33.6 Å². The zero-order chi connectivity index (χ0) is 15.2. The second kappa shape index (κ2) is 7.81. The van der Waals surface area contributed by atoms with Crippen molar-refractivity contribution in [2.24, 2.45) is 5.73 Å². The number of amides is 1. The van der Waals surface area contributed by atoms with Gasteiger partial charge in [0, 0.05) is 39.3 Å². The van der Waals surface area contributed by atoms with Gasteiger partial charge in [-0.3, -0.25) is 4.90 Å². The molecule has 1 atom stereocenters. The normalized spacial score (nSPS) is 19.6. The predicted molar refractivity (Wildman–Crippen MR) is 78.7 cm³/mol. The first-order valence-corrected chi connectivity index (χ1v) is 7.29. The number of alkyl carbamates (subject to hydrolysis) is 1. The molecule has 20 heavy (non-hydrogen) atoms. The van der Waals surface area contributed by atoms with E-state index in [-0.39, 0.29) is 12.1 Å². The summed E-state index contributed by atoms with van der Waals surface area (Å²) in [5, 5.41) is 2.80. The fraction of sp³-hybridized carbons (Fsp3) is 0.929. The Hall–Kier alpha value is -0.850. The highest BCUT2D eigenvalue weighted by Crippen LogP contribution is 2.15. The number of piperidine rings is 1. The van der Waals surface area contributed by atoms with Crippen molar-refractivity contribution in [3.8, 4) is 0 Å². The van der Waals surface area contributed by atoms with Crippen molar-refractivity contribution in [1.82, 2.24) is 10.2 Å². The van der Waals surface area contributed by atoms with E-state index < -0.39 is 5.60 Å². The quantitative estimate of drug-likeness (QED) is 0.787. The van der Waals surface area contributed by atoms with Crippen LogP contribution in [0.5, 0.6) is 0 Å². The van der Waals surface area contributed by atoms with Crippen LogP contribution in [0.3, 0.4) is 0 Å². The standard InChI is InChI=1S/C14H29N3O3/c1-14(2,3)20-13(18)16-10-11(9-15)17-7-5-12(19-4)6-8-17/h11-12H,5-10,15H2,1-4H3,(H,16,18). The van der Waals surface area contributed by atoms with E-state index in [0.29, 0.717) is 19.2 Å². The molecule has 3 N–H and O–H groups in total. The molecule has 1 unspecified atom stereocenters. The molecule has 1 fully saturated rings. The third kappa shape index (κ3) is 6.07. The number of likely N-dealkylation sites (tertiary alicyclic amines) is 1. The van der Waals surface area contributed by atoms with Gasteiger partial charge in [0.15, 0.2) is 0 Å². The third-order valence-electron chi connectivity index (χ3n) is 3.48. The van der Waals surface area contributed by atoms with Crippen LogP contribution in [0.4, 0.5) is 4.79 Å². The lowest BCUT2D eigenvalue weighted by Gasteiger charge is -2.36. The van der Waals surface area contributed by atoms with E-state index >= 15 is 0 Å². The maximum absolute atomic E-state index is 11.6. The Kier molecular flexibility index (Phi) is 6.71. The number of rotatable bonds is 5. The van der Waals surface area contributed by atoms with E-state index in [1.54, 1.807) is 7.11 Å². The second-order valence-corrected chi connectivity index (χ2v) is 6.24. The smallest absolute Gasteiger partial charge is 0.407 e.